The summed E-state index contributed by atoms with van der Waals surface area (Å²) < 4.78 is 5.70. The van der Waals surface area contributed by atoms with E-state index < -0.39 is 0 Å². The van der Waals surface area contributed by atoms with Crippen LogP contribution in [-0.2, 0) is 24.2 Å². The molecule has 2 aromatic rings. The molecule has 24 heavy (non-hydrogen) atoms. The lowest BCUT2D eigenvalue weighted by atomic mass is 9.89. The normalized spacial score (nSPS) is 16.8. The SMILES string of the molecule is Cc1nc2c([nH]1)C[C@@H](C(=O)NCc1cccnc1OC(C)C)CC2. The van der Waals surface area contributed by atoms with Gasteiger partial charge in [-0.15, -0.1) is 0 Å². The van der Waals surface area contributed by atoms with E-state index in [-0.39, 0.29) is 17.9 Å². The number of ether oxygens (including phenoxy) is 1. The third kappa shape index (κ3) is 3.75. The lowest BCUT2D eigenvalue weighted by Crippen LogP contribution is -2.34. The van der Waals surface area contributed by atoms with Gasteiger partial charge in [0.15, 0.2) is 0 Å². The second-order valence-corrected chi connectivity index (χ2v) is 6.54. The summed E-state index contributed by atoms with van der Waals surface area (Å²) in [5, 5.41) is 3.03. The second-order valence-electron chi connectivity index (χ2n) is 6.54. The van der Waals surface area contributed by atoms with E-state index in [0.717, 1.165) is 42.0 Å². The molecule has 0 aliphatic heterocycles. The highest BCUT2D eigenvalue weighted by molar-refractivity contribution is 5.79. The fraction of sp³-hybridized carbons (Fsp3) is 0.500. The number of nitrogens with one attached hydrogen (secondary N) is 2. The summed E-state index contributed by atoms with van der Waals surface area (Å²) in [4.78, 5) is 24.5. The number of fused-ring (bicyclic) bond motifs is 1. The van der Waals surface area contributed by atoms with Crippen LogP contribution in [0.15, 0.2) is 18.3 Å². The number of pyridine rings is 1. The monoisotopic (exact) mass is 328 g/mol. The fourth-order valence-corrected chi connectivity index (χ4v) is 3.06. The summed E-state index contributed by atoms with van der Waals surface area (Å²) in [6, 6.07) is 3.79. The molecule has 2 heterocycles. The number of imidazole rings is 1. The van der Waals surface area contributed by atoms with E-state index in [9.17, 15) is 4.79 Å². The van der Waals surface area contributed by atoms with Gasteiger partial charge in [-0.25, -0.2) is 9.97 Å². The standard InChI is InChI=1S/C18H24N4O2/c1-11(2)24-18-14(5-4-8-19-18)10-20-17(23)13-6-7-15-16(9-13)22-12(3)21-15/h4-5,8,11,13H,6-7,9-10H2,1-3H3,(H,20,23)(H,21,22)/t13-/m0/s1. The van der Waals surface area contributed by atoms with Crippen molar-refractivity contribution in [3.8, 4) is 5.88 Å². The minimum atomic E-state index is -0.0107. The van der Waals surface area contributed by atoms with Crippen LogP contribution in [0.25, 0.3) is 0 Å². The van der Waals surface area contributed by atoms with Gasteiger partial charge in [0.25, 0.3) is 0 Å². The Morgan fingerprint density at radius 2 is 2.33 bits per heavy atom. The molecule has 0 fully saturated rings. The van der Waals surface area contributed by atoms with Gasteiger partial charge in [-0.05, 0) is 39.7 Å². The van der Waals surface area contributed by atoms with E-state index in [2.05, 4.69) is 20.3 Å². The zero-order chi connectivity index (χ0) is 17.1. The molecule has 6 heteroatoms. The molecule has 3 rings (SSSR count). The second kappa shape index (κ2) is 7.03. The molecule has 0 saturated carbocycles. The van der Waals surface area contributed by atoms with Gasteiger partial charge in [-0.1, -0.05) is 6.07 Å². The van der Waals surface area contributed by atoms with Gasteiger partial charge >= 0.3 is 0 Å². The first-order valence-corrected chi connectivity index (χ1v) is 8.45. The predicted molar refractivity (Wildman–Crippen MR) is 90.7 cm³/mol. The number of aromatic amines is 1. The highest BCUT2D eigenvalue weighted by Crippen LogP contribution is 2.24. The number of amides is 1. The molecular weight excluding hydrogens is 304 g/mol. The van der Waals surface area contributed by atoms with E-state index >= 15 is 0 Å². The molecule has 1 atom stereocenters. The molecule has 2 aromatic heterocycles. The van der Waals surface area contributed by atoms with Crippen LogP contribution in [0.2, 0.25) is 0 Å². The number of hydrogen-bond donors (Lipinski definition) is 2. The smallest absolute Gasteiger partial charge is 0.223 e. The van der Waals surface area contributed by atoms with Crippen LogP contribution in [-0.4, -0.2) is 27.0 Å². The van der Waals surface area contributed by atoms with Crippen LogP contribution in [0, 0.1) is 12.8 Å². The molecule has 1 aliphatic rings. The quantitative estimate of drug-likeness (QED) is 0.883. The van der Waals surface area contributed by atoms with Crippen LogP contribution in [0.1, 0.15) is 43.0 Å². The van der Waals surface area contributed by atoms with Gasteiger partial charge in [0.05, 0.1) is 11.8 Å². The number of H-pyrrole nitrogens is 1. The Hall–Kier alpha value is -2.37. The first-order valence-electron chi connectivity index (χ1n) is 8.45. The summed E-state index contributed by atoms with van der Waals surface area (Å²) in [6.07, 6.45) is 4.17. The number of aromatic nitrogens is 3. The van der Waals surface area contributed by atoms with Crippen molar-refractivity contribution in [2.24, 2.45) is 5.92 Å². The maximum absolute atomic E-state index is 12.5. The van der Waals surface area contributed by atoms with Gasteiger partial charge < -0.3 is 15.0 Å². The van der Waals surface area contributed by atoms with Gasteiger partial charge in [0, 0.05) is 36.3 Å². The Balaban J connectivity index is 1.60. The van der Waals surface area contributed by atoms with Crippen LogP contribution in [0.5, 0.6) is 5.88 Å². The van der Waals surface area contributed by atoms with Crippen molar-refractivity contribution < 1.29 is 9.53 Å². The summed E-state index contributed by atoms with van der Waals surface area (Å²) in [5.41, 5.74) is 3.11. The summed E-state index contributed by atoms with van der Waals surface area (Å²) in [6.45, 7) is 6.30. The number of hydrogen-bond acceptors (Lipinski definition) is 4. The molecule has 2 N–H and O–H groups in total. The Morgan fingerprint density at radius 1 is 1.50 bits per heavy atom. The minimum Gasteiger partial charge on any atom is -0.475 e. The maximum atomic E-state index is 12.5. The molecule has 128 valence electrons. The molecule has 0 aromatic carbocycles. The maximum Gasteiger partial charge on any atom is 0.223 e. The summed E-state index contributed by atoms with van der Waals surface area (Å²) in [7, 11) is 0. The van der Waals surface area contributed by atoms with Crippen LogP contribution < -0.4 is 10.1 Å². The zero-order valence-electron chi connectivity index (χ0n) is 14.4. The molecular formula is C18H24N4O2. The highest BCUT2D eigenvalue weighted by atomic mass is 16.5. The third-order valence-electron chi connectivity index (χ3n) is 4.18. The predicted octanol–water partition coefficient (Wildman–Crippen LogP) is 2.32. The third-order valence-corrected chi connectivity index (χ3v) is 4.18. The Morgan fingerprint density at radius 3 is 3.12 bits per heavy atom. The fourth-order valence-electron chi connectivity index (χ4n) is 3.06. The largest absolute Gasteiger partial charge is 0.475 e. The summed E-state index contributed by atoms with van der Waals surface area (Å²) >= 11 is 0. The zero-order valence-corrected chi connectivity index (χ0v) is 14.4. The number of carbonyl (C=O) groups is 1. The number of carbonyl (C=O) groups excluding carboxylic acids is 1. The number of aryl methyl sites for hydroxylation is 2. The Labute approximate surface area is 142 Å². The number of nitrogens with zero attached hydrogens (tertiary/aromatic N) is 2. The summed E-state index contributed by atoms with van der Waals surface area (Å²) in [5.74, 6) is 1.57. The van der Waals surface area contributed by atoms with Crippen molar-refractivity contribution in [2.75, 3.05) is 0 Å². The lowest BCUT2D eigenvalue weighted by Gasteiger charge is -2.21. The van der Waals surface area contributed by atoms with E-state index in [1.165, 1.54) is 0 Å². The Bertz CT molecular complexity index is 724. The first kappa shape index (κ1) is 16.5. The molecule has 1 aliphatic carbocycles. The van der Waals surface area contributed by atoms with Gasteiger partial charge in [-0.2, -0.15) is 0 Å². The van der Waals surface area contributed by atoms with Crippen molar-refractivity contribution >= 4 is 5.91 Å². The van der Waals surface area contributed by atoms with Gasteiger partial charge in [0.2, 0.25) is 11.8 Å². The first-order chi connectivity index (χ1) is 11.5. The van der Waals surface area contributed by atoms with Crippen molar-refractivity contribution in [1.82, 2.24) is 20.3 Å². The van der Waals surface area contributed by atoms with Crippen LogP contribution in [0.4, 0.5) is 0 Å². The van der Waals surface area contributed by atoms with E-state index in [4.69, 9.17) is 4.74 Å². The molecule has 0 spiro atoms. The van der Waals surface area contributed by atoms with Gasteiger partial charge in [-0.3, -0.25) is 4.79 Å². The molecule has 0 radical (unpaired) electrons. The highest BCUT2D eigenvalue weighted by Gasteiger charge is 2.26. The van der Waals surface area contributed by atoms with Crippen molar-refractivity contribution in [3.63, 3.8) is 0 Å². The molecule has 0 bridgehead atoms. The number of rotatable bonds is 5. The Kier molecular flexibility index (Phi) is 4.83. The topological polar surface area (TPSA) is 79.9 Å². The minimum absolute atomic E-state index is 0.0107. The average Bonchev–Trinajstić information content (AvgIpc) is 2.92. The van der Waals surface area contributed by atoms with E-state index in [0.29, 0.717) is 12.4 Å². The van der Waals surface area contributed by atoms with Crippen LogP contribution >= 0.6 is 0 Å². The van der Waals surface area contributed by atoms with E-state index in [1.807, 2.05) is 32.9 Å². The van der Waals surface area contributed by atoms with Crippen molar-refractivity contribution in [2.45, 2.75) is 52.7 Å². The van der Waals surface area contributed by atoms with Crippen molar-refractivity contribution in [3.05, 3.63) is 41.1 Å². The van der Waals surface area contributed by atoms with Gasteiger partial charge in [0.1, 0.15) is 5.82 Å². The molecule has 0 unspecified atom stereocenters. The van der Waals surface area contributed by atoms with E-state index in [1.54, 1.807) is 6.20 Å². The lowest BCUT2D eigenvalue weighted by molar-refractivity contribution is -0.125. The molecule has 1 amide bonds. The molecule has 6 nitrogen and oxygen atoms in total. The molecule has 0 saturated heterocycles. The average molecular weight is 328 g/mol. The van der Waals surface area contributed by atoms with Crippen molar-refractivity contribution in [1.29, 1.82) is 0 Å². The van der Waals surface area contributed by atoms with Crippen LogP contribution in [0.3, 0.4) is 0 Å².